The number of nitrogens with zero attached hydrogens (tertiary/aromatic N) is 2. The maximum atomic E-state index is 14.1. The number of amides is 1. The third kappa shape index (κ3) is 3.73. The van der Waals surface area contributed by atoms with Crippen LogP contribution in [-0.4, -0.2) is 78.3 Å². The fraction of sp³-hybridized carbons (Fsp3) is 0.400. The number of phenolic OH excluding ortho intramolecular Hbond substituents is 1. The number of aromatic hydroxyl groups is 1. The molecule has 0 spiro atoms. The number of aryl methyl sites for hydroxylation is 1. The zero-order valence-electron chi connectivity index (χ0n) is 23.6. The molecule has 0 saturated carbocycles. The van der Waals surface area contributed by atoms with Gasteiger partial charge in [-0.25, -0.2) is 4.79 Å². The Labute approximate surface area is 232 Å². The molecule has 0 radical (unpaired) electrons. The number of allylic oxidation sites excluding steroid dienone is 5. The van der Waals surface area contributed by atoms with Crippen LogP contribution in [0.3, 0.4) is 0 Å². The predicted octanol–water partition coefficient (Wildman–Crippen LogP) is 2.59. The van der Waals surface area contributed by atoms with Gasteiger partial charge in [0.05, 0.1) is 26.3 Å². The molecular weight excluding hydrogens is 516 g/mol. The van der Waals surface area contributed by atoms with E-state index in [0.29, 0.717) is 29.0 Å². The zero-order valence-corrected chi connectivity index (χ0v) is 23.6. The Morgan fingerprint density at radius 3 is 2.48 bits per heavy atom. The summed E-state index contributed by atoms with van der Waals surface area (Å²) >= 11 is 0. The number of rotatable bonds is 5. The number of benzene rings is 1. The molecule has 2 bridgehead atoms. The van der Waals surface area contributed by atoms with Crippen molar-refractivity contribution in [3.8, 4) is 11.5 Å². The molecule has 10 nitrogen and oxygen atoms in total. The average molecular weight is 549 g/mol. The molecule has 3 heterocycles. The molecule has 40 heavy (non-hydrogen) atoms. The minimum atomic E-state index is -1.07. The first kappa shape index (κ1) is 27.4. The minimum Gasteiger partial charge on any atom is -0.504 e. The van der Waals surface area contributed by atoms with Gasteiger partial charge in [0, 0.05) is 33.6 Å². The van der Waals surface area contributed by atoms with Gasteiger partial charge < -0.3 is 24.2 Å². The van der Waals surface area contributed by atoms with Gasteiger partial charge in [-0.2, -0.15) is 0 Å². The highest BCUT2D eigenvalue weighted by Crippen LogP contribution is 2.52. The lowest BCUT2D eigenvalue weighted by atomic mass is 9.75. The SMILES string of the molecule is C/C=C(/C)C(=O)OC[C@H]1C2=C(C=C3[C@H]4c5c(cc(C)c(OC)c5O)C[C@@H](C(=O)N31)N4C)C(=O)C(C)=C(OC)C2=O. The summed E-state index contributed by atoms with van der Waals surface area (Å²) in [6, 6.07) is -0.417. The first-order chi connectivity index (χ1) is 19.0. The fourth-order valence-corrected chi connectivity index (χ4v) is 6.24. The maximum Gasteiger partial charge on any atom is 0.333 e. The van der Waals surface area contributed by atoms with E-state index in [1.54, 1.807) is 33.0 Å². The van der Waals surface area contributed by atoms with Gasteiger partial charge in [0.2, 0.25) is 11.7 Å². The number of ether oxygens (including phenoxy) is 3. The largest absolute Gasteiger partial charge is 0.504 e. The van der Waals surface area contributed by atoms with Gasteiger partial charge in [0.25, 0.3) is 0 Å². The standard InChI is InChI=1S/C30H32N2O8/c1-8-13(2)30(37)40-12-20-22-17(24(33)15(4)28(39-7)26(22)35)11-18-23-21-16(9-14(3)27(38-6)25(21)34)10-19(31(23)5)29(36)32(18)20/h8-9,11,19-20,23,34H,10,12H2,1-7H3/b13-8-/t19-,20-,23-/m0/s1. The lowest BCUT2D eigenvalue weighted by molar-refractivity contribution is -0.149. The van der Waals surface area contributed by atoms with E-state index in [1.807, 2.05) is 17.9 Å². The number of hydrogen-bond acceptors (Lipinski definition) is 9. The molecule has 1 saturated heterocycles. The van der Waals surface area contributed by atoms with Crippen molar-refractivity contribution in [2.24, 2.45) is 0 Å². The molecule has 1 amide bonds. The first-order valence-electron chi connectivity index (χ1n) is 13.0. The Kier molecular flexibility index (Phi) is 6.70. The molecule has 0 aromatic heterocycles. The van der Waals surface area contributed by atoms with Crippen molar-refractivity contribution in [1.82, 2.24) is 9.80 Å². The van der Waals surface area contributed by atoms with Crippen LogP contribution in [0.15, 0.2) is 52.0 Å². The molecule has 3 aliphatic heterocycles. The second-order valence-electron chi connectivity index (χ2n) is 10.4. The van der Waals surface area contributed by atoms with Crippen LogP contribution in [0, 0.1) is 6.92 Å². The maximum absolute atomic E-state index is 14.1. The van der Waals surface area contributed by atoms with Crippen LogP contribution in [0.2, 0.25) is 0 Å². The molecule has 210 valence electrons. The summed E-state index contributed by atoms with van der Waals surface area (Å²) in [6.45, 7) is 6.29. The number of fused-ring (bicyclic) bond motifs is 6. The summed E-state index contributed by atoms with van der Waals surface area (Å²) in [6.07, 6.45) is 3.47. The van der Waals surface area contributed by atoms with Crippen molar-refractivity contribution in [3.63, 3.8) is 0 Å². The average Bonchev–Trinajstić information content (AvgIpc) is 2.92. The van der Waals surface area contributed by atoms with Crippen LogP contribution in [0.1, 0.15) is 43.5 Å². The van der Waals surface area contributed by atoms with E-state index < -0.39 is 35.7 Å². The Morgan fingerprint density at radius 1 is 1.15 bits per heavy atom. The number of likely N-dealkylation sites (N-methyl/N-ethyl adjacent to an activating group) is 1. The Hall–Kier alpha value is -4.18. The Balaban J connectivity index is 1.74. The summed E-state index contributed by atoms with van der Waals surface area (Å²) in [7, 11) is 4.57. The van der Waals surface area contributed by atoms with Gasteiger partial charge in [0.15, 0.2) is 23.0 Å². The summed E-state index contributed by atoms with van der Waals surface area (Å²) in [5.74, 6) is -1.68. The van der Waals surface area contributed by atoms with Crippen LogP contribution in [-0.2, 0) is 35.1 Å². The molecule has 4 aliphatic rings. The van der Waals surface area contributed by atoms with Crippen LogP contribution >= 0.6 is 0 Å². The molecule has 1 aromatic carbocycles. The highest BCUT2D eigenvalue weighted by atomic mass is 16.5. The molecule has 1 aromatic rings. The number of esters is 1. The number of carbonyl (C=O) groups is 4. The number of piperazine rings is 1. The van der Waals surface area contributed by atoms with Gasteiger partial charge in [0.1, 0.15) is 12.6 Å². The number of Topliss-reactive ketones (excluding diaryl/α,β-unsaturated/α-hetero) is 2. The lowest BCUT2D eigenvalue weighted by Crippen LogP contribution is -2.63. The van der Waals surface area contributed by atoms with Gasteiger partial charge >= 0.3 is 5.97 Å². The summed E-state index contributed by atoms with van der Waals surface area (Å²) in [5.41, 5.74) is 3.17. The van der Waals surface area contributed by atoms with E-state index in [2.05, 4.69) is 0 Å². The van der Waals surface area contributed by atoms with Crippen molar-refractivity contribution < 1.29 is 38.5 Å². The minimum absolute atomic E-state index is 0.0433. The van der Waals surface area contributed by atoms with Gasteiger partial charge in [-0.1, -0.05) is 12.1 Å². The third-order valence-corrected chi connectivity index (χ3v) is 8.37. The Morgan fingerprint density at radius 2 is 1.85 bits per heavy atom. The predicted molar refractivity (Wildman–Crippen MR) is 143 cm³/mol. The van der Waals surface area contributed by atoms with Gasteiger partial charge in [-0.05, 0) is 58.4 Å². The monoisotopic (exact) mass is 548 g/mol. The number of methoxy groups -OCH3 is 2. The van der Waals surface area contributed by atoms with Crippen molar-refractivity contribution in [2.75, 3.05) is 27.9 Å². The molecule has 0 unspecified atom stereocenters. The molecule has 1 fully saturated rings. The summed E-state index contributed by atoms with van der Waals surface area (Å²) in [5, 5.41) is 11.4. The molecule has 3 atom stereocenters. The molecule has 1 N–H and O–H groups in total. The zero-order chi connectivity index (χ0) is 29.2. The topological polar surface area (TPSA) is 123 Å². The van der Waals surface area contributed by atoms with Crippen molar-refractivity contribution in [3.05, 3.63) is 68.7 Å². The smallest absolute Gasteiger partial charge is 0.333 e. The number of phenols is 1. The number of ketones is 2. The van der Waals surface area contributed by atoms with E-state index in [4.69, 9.17) is 14.2 Å². The normalized spacial score (nSPS) is 24.4. The van der Waals surface area contributed by atoms with E-state index in [0.717, 1.165) is 11.1 Å². The molecule has 5 rings (SSSR count). The van der Waals surface area contributed by atoms with Crippen molar-refractivity contribution >= 4 is 23.4 Å². The molecule has 10 heteroatoms. The highest BCUT2D eigenvalue weighted by molar-refractivity contribution is 6.26. The first-order valence-corrected chi connectivity index (χ1v) is 13.0. The van der Waals surface area contributed by atoms with Crippen LogP contribution < -0.4 is 4.74 Å². The van der Waals surface area contributed by atoms with E-state index in [9.17, 15) is 24.3 Å². The fourth-order valence-electron chi connectivity index (χ4n) is 6.24. The van der Waals surface area contributed by atoms with Crippen LogP contribution in [0.4, 0.5) is 0 Å². The van der Waals surface area contributed by atoms with Crippen molar-refractivity contribution in [2.45, 2.75) is 52.2 Å². The van der Waals surface area contributed by atoms with Crippen LogP contribution in [0.5, 0.6) is 11.5 Å². The van der Waals surface area contributed by atoms with Gasteiger partial charge in [-0.3, -0.25) is 19.3 Å². The number of carbonyl (C=O) groups excluding carboxylic acids is 4. The second-order valence-corrected chi connectivity index (χ2v) is 10.4. The Bertz CT molecular complexity index is 1510. The van der Waals surface area contributed by atoms with E-state index in [-0.39, 0.29) is 40.7 Å². The number of hydrogen-bond donors (Lipinski definition) is 1. The van der Waals surface area contributed by atoms with E-state index >= 15 is 0 Å². The summed E-state index contributed by atoms with van der Waals surface area (Å²) < 4.78 is 16.4. The van der Waals surface area contributed by atoms with Crippen molar-refractivity contribution in [1.29, 1.82) is 0 Å². The lowest BCUT2D eigenvalue weighted by Gasteiger charge is -2.53. The third-order valence-electron chi connectivity index (χ3n) is 8.37. The van der Waals surface area contributed by atoms with Crippen LogP contribution in [0.25, 0.3) is 0 Å². The summed E-state index contributed by atoms with van der Waals surface area (Å²) in [4.78, 5) is 57.4. The van der Waals surface area contributed by atoms with Gasteiger partial charge in [-0.15, -0.1) is 0 Å². The van der Waals surface area contributed by atoms with E-state index in [1.165, 1.54) is 26.0 Å². The second kappa shape index (κ2) is 9.78. The molecule has 1 aliphatic carbocycles. The molecular formula is C30H32N2O8. The highest BCUT2D eigenvalue weighted by Gasteiger charge is 2.54. The quantitative estimate of drug-likeness (QED) is 0.336.